The molecule has 9 heteroatoms. The number of hydrogen-bond donors (Lipinski definition) is 1. The Hall–Kier alpha value is -2.55. The van der Waals surface area contributed by atoms with Crippen molar-refractivity contribution < 1.29 is 14.1 Å². The van der Waals surface area contributed by atoms with Crippen LogP contribution in [0.3, 0.4) is 0 Å². The molecule has 1 fully saturated rings. The van der Waals surface area contributed by atoms with Gasteiger partial charge >= 0.3 is 5.00 Å². The molecule has 0 spiro atoms. The molecule has 3 rings (SSSR count). The van der Waals surface area contributed by atoms with Gasteiger partial charge in [0.05, 0.1) is 10.6 Å². The fourth-order valence-electron chi connectivity index (χ4n) is 2.71. The summed E-state index contributed by atoms with van der Waals surface area (Å²) in [5.41, 5.74) is 0.548. The minimum absolute atomic E-state index is 0.111. The number of para-hydroxylation sites is 1. The first-order valence-corrected chi connectivity index (χ1v) is 8.27. The number of hydrogen-bond acceptors (Lipinski definition) is 6. The lowest BCUT2D eigenvalue weighted by molar-refractivity contribution is -0.380. The molecule has 1 aromatic carbocycles. The predicted octanol–water partition coefficient (Wildman–Crippen LogP) is 3.05. The van der Waals surface area contributed by atoms with Gasteiger partial charge < -0.3 is 10.2 Å². The third kappa shape index (κ3) is 3.51. The van der Waals surface area contributed by atoms with Gasteiger partial charge in [0, 0.05) is 19.0 Å². The third-order valence-electron chi connectivity index (χ3n) is 3.96. The molecule has 0 atom stereocenters. The van der Waals surface area contributed by atoms with Crippen LogP contribution < -0.4 is 10.2 Å². The summed E-state index contributed by atoms with van der Waals surface area (Å²) in [6.45, 7) is 1.16. The van der Waals surface area contributed by atoms with E-state index in [-0.39, 0.29) is 27.8 Å². The minimum Gasteiger partial charge on any atom is -0.369 e. The standard InChI is InChI=1S/C15H15FN4O3S/c16-11-3-1-2-4-12(11)19-7-5-10(6-8-19)14(21)18-15-17-9-13(24-15)20(22)23/h1-4,9-10H,5-8H2,(H,17,18,21). The van der Waals surface area contributed by atoms with E-state index in [2.05, 4.69) is 10.3 Å². The number of nitrogens with one attached hydrogen (secondary N) is 1. The van der Waals surface area contributed by atoms with Crippen molar-refractivity contribution in [3.05, 3.63) is 46.4 Å². The summed E-state index contributed by atoms with van der Waals surface area (Å²) in [6, 6.07) is 6.58. The Bertz CT molecular complexity index is 759. The molecule has 1 amide bonds. The van der Waals surface area contributed by atoms with E-state index in [0.29, 0.717) is 31.6 Å². The van der Waals surface area contributed by atoms with E-state index in [1.165, 1.54) is 6.07 Å². The Labute approximate surface area is 141 Å². The number of thiazole rings is 1. The number of carbonyl (C=O) groups is 1. The van der Waals surface area contributed by atoms with Gasteiger partial charge in [0.2, 0.25) is 5.91 Å². The van der Waals surface area contributed by atoms with Gasteiger partial charge in [-0.15, -0.1) is 0 Å². The van der Waals surface area contributed by atoms with E-state index < -0.39 is 4.92 Å². The molecule has 7 nitrogen and oxygen atoms in total. The Morgan fingerprint density at radius 2 is 2.08 bits per heavy atom. The molecule has 1 N–H and O–H groups in total. The third-order valence-corrected chi connectivity index (χ3v) is 4.83. The highest BCUT2D eigenvalue weighted by Crippen LogP contribution is 2.28. The number of anilines is 2. The van der Waals surface area contributed by atoms with Crippen LogP contribution in [0.4, 0.5) is 20.2 Å². The smallest absolute Gasteiger partial charge is 0.345 e. The second kappa shape index (κ2) is 6.91. The summed E-state index contributed by atoms with van der Waals surface area (Å²) < 4.78 is 13.8. The van der Waals surface area contributed by atoms with Crippen molar-refractivity contribution in [2.24, 2.45) is 5.92 Å². The molecule has 2 heterocycles. The van der Waals surface area contributed by atoms with Crippen LogP contribution in [0.5, 0.6) is 0 Å². The van der Waals surface area contributed by atoms with Crippen molar-refractivity contribution >= 4 is 33.1 Å². The average molecular weight is 350 g/mol. The zero-order valence-corrected chi connectivity index (χ0v) is 13.5. The normalized spacial score (nSPS) is 15.3. The quantitative estimate of drug-likeness (QED) is 0.676. The van der Waals surface area contributed by atoms with Crippen molar-refractivity contribution in [3.8, 4) is 0 Å². The van der Waals surface area contributed by atoms with Crippen molar-refractivity contribution in [2.75, 3.05) is 23.3 Å². The highest BCUT2D eigenvalue weighted by molar-refractivity contribution is 7.18. The first kappa shape index (κ1) is 16.3. The molecule has 1 aliphatic heterocycles. The van der Waals surface area contributed by atoms with Crippen LogP contribution in [0.15, 0.2) is 30.5 Å². The second-order valence-corrected chi connectivity index (χ2v) is 6.47. The first-order valence-electron chi connectivity index (χ1n) is 7.45. The zero-order chi connectivity index (χ0) is 17.1. The van der Waals surface area contributed by atoms with Gasteiger partial charge in [-0.3, -0.25) is 14.9 Å². The first-order chi connectivity index (χ1) is 11.5. The van der Waals surface area contributed by atoms with Crippen LogP contribution in [-0.2, 0) is 4.79 Å². The number of nitrogens with zero attached hydrogens (tertiary/aromatic N) is 3. The Kier molecular flexibility index (Phi) is 4.70. The van der Waals surface area contributed by atoms with Gasteiger partial charge in [-0.1, -0.05) is 12.1 Å². The van der Waals surface area contributed by atoms with Gasteiger partial charge in [-0.2, -0.15) is 0 Å². The molecule has 24 heavy (non-hydrogen) atoms. The number of amides is 1. The topological polar surface area (TPSA) is 88.4 Å². The molecule has 0 saturated carbocycles. The maximum Gasteiger partial charge on any atom is 0.345 e. The van der Waals surface area contributed by atoms with E-state index in [1.807, 2.05) is 4.90 Å². The largest absolute Gasteiger partial charge is 0.369 e. The highest BCUT2D eigenvalue weighted by atomic mass is 32.1. The summed E-state index contributed by atoms with van der Waals surface area (Å²) >= 11 is 0.831. The number of benzene rings is 1. The average Bonchev–Trinajstić information content (AvgIpc) is 3.04. The van der Waals surface area contributed by atoms with Crippen LogP contribution in [-0.4, -0.2) is 28.9 Å². The fraction of sp³-hybridized carbons (Fsp3) is 0.333. The van der Waals surface area contributed by atoms with Gasteiger partial charge in [-0.05, 0) is 36.3 Å². The molecule has 0 radical (unpaired) electrons. The van der Waals surface area contributed by atoms with Crippen molar-refractivity contribution in [1.82, 2.24) is 4.98 Å². The SMILES string of the molecule is O=C(Nc1ncc([N+](=O)[O-])s1)C1CCN(c2ccccc2F)CC1. The van der Waals surface area contributed by atoms with Crippen LogP contribution in [0.2, 0.25) is 0 Å². The van der Waals surface area contributed by atoms with Crippen molar-refractivity contribution in [2.45, 2.75) is 12.8 Å². The maximum atomic E-state index is 13.8. The number of rotatable bonds is 4. The number of carbonyl (C=O) groups excluding carboxylic acids is 1. The fourth-order valence-corrected chi connectivity index (χ4v) is 3.34. The van der Waals surface area contributed by atoms with Gasteiger partial charge in [0.15, 0.2) is 5.13 Å². The molecule has 0 bridgehead atoms. The molecular formula is C15H15FN4O3S. The number of aromatic nitrogens is 1. The molecular weight excluding hydrogens is 335 g/mol. The second-order valence-electron chi connectivity index (χ2n) is 5.46. The molecule has 0 unspecified atom stereocenters. The van der Waals surface area contributed by atoms with Crippen LogP contribution >= 0.6 is 11.3 Å². The lowest BCUT2D eigenvalue weighted by Gasteiger charge is -2.33. The summed E-state index contributed by atoms with van der Waals surface area (Å²) in [5, 5.41) is 13.4. The predicted molar refractivity (Wildman–Crippen MR) is 88.7 cm³/mol. The maximum absolute atomic E-state index is 13.8. The number of halogens is 1. The summed E-state index contributed by atoms with van der Waals surface area (Å²) in [4.78, 5) is 28.1. The highest BCUT2D eigenvalue weighted by Gasteiger charge is 2.27. The van der Waals surface area contributed by atoms with E-state index in [0.717, 1.165) is 17.5 Å². The van der Waals surface area contributed by atoms with E-state index in [1.54, 1.807) is 18.2 Å². The summed E-state index contributed by atoms with van der Waals surface area (Å²) in [5.74, 6) is -0.682. The molecule has 1 saturated heterocycles. The van der Waals surface area contributed by atoms with Crippen LogP contribution in [0.1, 0.15) is 12.8 Å². The Balaban J connectivity index is 1.57. The van der Waals surface area contributed by atoms with E-state index in [4.69, 9.17) is 0 Å². The zero-order valence-electron chi connectivity index (χ0n) is 12.6. The lowest BCUT2D eigenvalue weighted by Crippen LogP contribution is -2.38. The molecule has 1 aromatic heterocycles. The van der Waals surface area contributed by atoms with Crippen LogP contribution in [0.25, 0.3) is 0 Å². The molecule has 126 valence electrons. The monoisotopic (exact) mass is 350 g/mol. The van der Waals surface area contributed by atoms with Gasteiger partial charge in [0.25, 0.3) is 0 Å². The Morgan fingerprint density at radius 1 is 1.38 bits per heavy atom. The summed E-state index contributed by atoms with van der Waals surface area (Å²) in [6.07, 6.45) is 2.31. The molecule has 1 aliphatic rings. The molecule has 0 aliphatic carbocycles. The van der Waals surface area contributed by atoms with Gasteiger partial charge in [0.1, 0.15) is 12.0 Å². The van der Waals surface area contributed by atoms with Gasteiger partial charge in [-0.25, -0.2) is 9.37 Å². The lowest BCUT2D eigenvalue weighted by atomic mass is 9.95. The van der Waals surface area contributed by atoms with E-state index in [9.17, 15) is 19.3 Å². The van der Waals surface area contributed by atoms with Crippen molar-refractivity contribution in [3.63, 3.8) is 0 Å². The Morgan fingerprint density at radius 3 is 2.71 bits per heavy atom. The van der Waals surface area contributed by atoms with Crippen LogP contribution in [0, 0.1) is 21.8 Å². The van der Waals surface area contributed by atoms with Crippen molar-refractivity contribution in [1.29, 1.82) is 0 Å². The number of nitro groups is 1. The van der Waals surface area contributed by atoms with E-state index >= 15 is 0 Å². The number of piperidine rings is 1. The molecule has 2 aromatic rings. The minimum atomic E-state index is -0.541. The summed E-state index contributed by atoms with van der Waals surface area (Å²) in [7, 11) is 0.